The number of hydrogen-bond acceptors (Lipinski definition) is 3. The third kappa shape index (κ3) is 7.77. The van der Waals surface area contributed by atoms with Gasteiger partial charge in [0.05, 0.1) is 0 Å². The van der Waals surface area contributed by atoms with Gasteiger partial charge in [0.1, 0.15) is 6.10 Å². The van der Waals surface area contributed by atoms with Gasteiger partial charge in [0.2, 0.25) is 5.91 Å². The van der Waals surface area contributed by atoms with E-state index in [0.29, 0.717) is 19.4 Å². The van der Waals surface area contributed by atoms with Gasteiger partial charge in [-0.15, -0.1) is 0 Å². The molecule has 1 atom stereocenters. The van der Waals surface area contributed by atoms with Gasteiger partial charge in [-0.25, -0.2) is 4.79 Å². The van der Waals surface area contributed by atoms with Crippen molar-refractivity contribution in [3.63, 3.8) is 0 Å². The summed E-state index contributed by atoms with van der Waals surface area (Å²) in [6.45, 7) is 4.27. The number of esters is 1. The fraction of sp³-hybridized carbons (Fsp3) is 0.625. The second-order valence-corrected chi connectivity index (χ2v) is 5.06. The molecule has 0 aromatic heterocycles. The van der Waals surface area contributed by atoms with Gasteiger partial charge in [-0.2, -0.15) is 0 Å². The lowest BCUT2D eigenvalue weighted by Crippen LogP contribution is -2.23. The fourth-order valence-electron chi connectivity index (χ4n) is 2.14. The van der Waals surface area contributed by atoms with Crippen LogP contribution in [0.4, 0.5) is 0 Å². The number of carbonyl (C=O) groups is 2. The lowest BCUT2D eigenvalue weighted by atomic mass is 10.1. The monoisotopic (exact) mass is 279 g/mol. The predicted molar refractivity (Wildman–Crippen MR) is 79.2 cm³/mol. The predicted octanol–water partition coefficient (Wildman–Crippen LogP) is 2.89. The first kappa shape index (κ1) is 16.5. The first-order valence-corrected chi connectivity index (χ1v) is 7.49. The number of amides is 1. The van der Waals surface area contributed by atoms with Crippen LogP contribution in [-0.4, -0.2) is 24.5 Å². The molecule has 20 heavy (non-hydrogen) atoms. The fourth-order valence-corrected chi connectivity index (χ4v) is 2.14. The zero-order valence-corrected chi connectivity index (χ0v) is 12.1. The maximum absolute atomic E-state index is 11.6. The number of hydrogen-bond donors (Lipinski definition) is 1. The second kappa shape index (κ2) is 10.2. The van der Waals surface area contributed by atoms with E-state index in [-0.39, 0.29) is 18.0 Å². The molecule has 4 heteroatoms. The maximum Gasteiger partial charge on any atom is 0.331 e. The highest BCUT2D eigenvalue weighted by Crippen LogP contribution is 2.11. The molecule has 1 aliphatic rings. The van der Waals surface area contributed by atoms with Crippen molar-refractivity contribution in [3.8, 4) is 0 Å². The van der Waals surface area contributed by atoms with Crippen molar-refractivity contribution < 1.29 is 14.3 Å². The summed E-state index contributed by atoms with van der Waals surface area (Å²) in [6, 6.07) is 0. The van der Waals surface area contributed by atoms with E-state index in [1.54, 1.807) is 12.2 Å². The highest BCUT2D eigenvalue weighted by molar-refractivity contribution is 5.82. The van der Waals surface area contributed by atoms with Crippen LogP contribution in [0, 0.1) is 0 Å². The molecule has 1 aliphatic heterocycles. The Balaban J connectivity index is 2.46. The van der Waals surface area contributed by atoms with E-state index in [2.05, 4.69) is 11.9 Å². The van der Waals surface area contributed by atoms with Crippen LogP contribution in [0.15, 0.2) is 24.8 Å². The molecule has 0 saturated heterocycles. The molecule has 0 saturated carbocycles. The Morgan fingerprint density at radius 3 is 2.75 bits per heavy atom. The van der Waals surface area contributed by atoms with Gasteiger partial charge in [-0.05, 0) is 25.7 Å². The number of rotatable bonds is 1. The largest absolute Gasteiger partial charge is 0.455 e. The van der Waals surface area contributed by atoms with Crippen LogP contribution in [0.3, 0.4) is 0 Å². The molecule has 0 radical (unpaired) electrons. The Hall–Kier alpha value is -1.58. The Morgan fingerprint density at radius 2 is 1.95 bits per heavy atom. The Morgan fingerprint density at radius 1 is 1.20 bits per heavy atom. The van der Waals surface area contributed by atoms with Crippen LogP contribution in [0.1, 0.15) is 51.4 Å². The molecule has 1 amide bonds. The van der Waals surface area contributed by atoms with E-state index in [4.69, 9.17) is 4.74 Å². The summed E-state index contributed by atoms with van der Waals surface area (Å²) in [5.41, 5.74) is 0. The second-order valence-electron chi connectivity index (χ2n) is 5.06. The lowest BCUT2D eigenvalue weighted by Gasteiger charge is -2.12. The van der Waals surface area contributed by atoms with Crippen molar-refractivity contribution in [1.29, 1.82) is 0 Å². The SMILES string of the molecule is C=CC1CCCCCCCC(=O)NCC/C=C\C(=O)O1. The van der Waals surface area contributed by atoms with E-state index >= 15 is 0 Å². The number of ether oxygens (including phenoxy) is 1. The van der Waals surface area contributed by atoms with Crippen molar-refractivity contribution in [2.75, 3.05) is 6.54 Å². The molecule has 0 aliphatic carbocycles. The summed E-state index contributed by atoms with van der Waals surface area (Å²) in [5, 5.41) is 2.84. The van der Waals surface area contributed by atoms with E-state index in [1.807, 2.05) is 0 Å². The summed E-state index contributed by atoms with van der Waals surface area (Å²) >= 11 is 0. The summed E-state index contributed by atoms with van der Waals surface area (Å²) in [5.74, 6) is -0.242. The Kier molecular flexibility index (Phi) is 8.43. The molecule has 1 rings (SSSR count). The van der Waals surface area contributed by atoms with Gasteiger partial charge in [0, 0.05) is 19.0 Å². The van der Waals surface area contributed by atoms with Crippen molar-refractivity contribution in [1.82, 2.24) is 5.32 Å². The topological polar surface area (TPSA) is 55.4 Å². The first-order valence-electron chi connectivity index (χ1n) is 7.49. The molecular formula is C16H25NO3. The van der Waals surface area contributed by atoms with Crippen LogP contribution in [-0.2, 0) is 14.3 Å². The van der Waals surface area contributed by atoms with E-state index in [0.717, 1.165) is 38.5 Å². The number of nitrogens with one attached hydrogen (secondary N) is 1. The summed E-state index contributed by atoms with van der Waals surface area (Å²) in [4.78, 5) is 23.0. The number of cyclic esters (lactones) is 1. The minimum Gasteiger partial charge on any atom is -0.455 e. The van der Waals surface area contributed by atoms with Crippen molar-refractivity contribution in [3.05, 3.63) is 24.8 Å². The minimum atomic E-state index is -0.340. The van der Waals surface area contributed by atoms with Crippen LogP contribution in [0.2, 0.25) is 0 Å². The van der Waals surface area contributed by atoms with Crippen LogP contribution >= 0.6 is 0 Å². The zero-order valence-electron chi connectivity index (χ0n) is 12.1. The van der Waals surface area contributed by atoms with Crippen molar-refractivity contribution in [2.45, 2.75) is 57.5 Å². The van der Waals surface area contributed by atoms with Crippen molar-refractivity contribution in [2.24, 2.45) is 0 Å². The van der Waals surface area contributed by atoms with E-state index < -0.39 is 0 Å². The highest BCUT2D eigenvalue weighted by Gasteiger charge is 2.08. The van der Waals surface area contributed by atoms with Gasteiger partial charge in [-0.3, -0.25) is 4.79 Å². The molecule has 0 spiro atoms. The molecule has 0 bridgehead atoms. The molecule has 112 valence electrons. The molecular weight excluding hydrogens is 254 g/mol. The van der Waals surface area contributed by atoms with Gasteiger partial charge in [0.25, 0.3) is 0 Å². The molecule has 0 aromatic rings. The first-order chi connectivity index (χ1) is 9.72. The Labute approximate surface area is 121 Å². The van der Waals surface area contributed by atoms with E-state index in [9.17, 15) is 9.59 Å². The molecule has 4 nitrogen and oxygen atoms in total. The smallest absolute Gasteiger partial charge is 0.331 e. The van der Waals surface area contributed by atoms with Crippen LogP contribution < -0.4 is 5.32 Å². The third-order valence-electron chi connectivity index (χ3n) is 3.31. The maximum atomic E-state index is 11.6. The molecule has 1 unspecified atom stereocenters. The summed E-state index contributed by atoms with van der Waals surface area (Å²) in [7, 11) is 0. The quantitative estimate of drug-likeness (QED) is 0.593. The average Bonchev–Trinajstić information content (AvgIpc) is 2.43. The van der Waals surface area contributed by atoms with Gasteiger partial charge in [-0.1, -0.05) is 38.0 Å². The molecule has 0 fully saturated rings. The van der Waals surface area contributed by atoms with Gasteiger partial charge >= 0.3 is 5.97 Å². The standard InChI is InChI=1S/C16H25NO3/c1-2-14-10-6-4-3-5-7-11-15(18)17-13-9-8-12-16(19)20-14/h2,8,12,14H,1,3-7,9-11,13H2,(H,17,18)/b12-8-. The third-order valence-corrected chi connectivity index (χ3v) is 3.31. The molecule has 0 aromatic carbocycles. The highest BCUT2D eigenvalue weighted by atomic mass is 16.5. The minimum absolute atomic E-state index is 0.0970. The summed E-state index contributed by atoms with van der Waals surface area (Å²) < 4.78 is 5.29. The van der Waals surface area contributed by atoms with Gasteiger partial charge in [0.15, 0.2) is 0 Å². The lowest BCUT2D eigenvalue weighted by molar-refractivity contribution is -0.141. The zero-order chi connectivity index (χ0) is 14.6. The normalized spacial score (nSPS) is 25.3. The van der Waals surface area contributed by atoms with Crippen LogP contribution in [0.5, 0.6) is 0 Å². The van der Waals surface area contributed by atoms with Crippen molar-refractivity contribution >= 4 is 11.9 Å². The summed E-state index contributed by atoms with van der Waals surface area (Å²) in [6.07, 6.45) is 12.0. The Bertz CT molecular complexity index is 350. The van der Waals surface area contributed by atoms with E-state index in [1.165, 1.54) is 6.08 Å². The number of carbonyl (C=O) groups excluding carboxylic acids is 2. The molecule has 1 heterocycles. The molecule has 1 N–H and O–H groups in total. The average molecular weight is 279 g/mol. The van der Waals surface area contributed by atoms with Crippen LogP contribution in [0.25, 0.3) is 0 Å². The van der Waals surface area contributed by atoms with Gasteiger partial charge < -0.3 is 10.1 Å².